The third kappa shape index (κ3) is 5.97. The van der Waals surface area contributed by atoms with Crippen LogP contribution in [0.2, 0.25) is 0 Å². The Bertz CT molecular complexity index is 3090. The van der Waals surface area contributed by atoms with Gasteiger partial charge in [-0.2, -0.15) is 0 Å². The molecular formula is C53H38N4O. The van der Waals surface area contributed by atoms with Crippen molar-refractivity contribution in [2.24, 2.45) is 4.99 Å². The summed E-state index contributed by atoms with van der Waals surface area (Å²) in [5, 5.41) is 14.3. The van der Waals surface area contributed by atoms with Crippen molar-refractivity contribution in [3.63, 3.8) is 0 Å². The van der Waals surface area contributed by atoms with E-state index in [-0.39, 0.29) is 12.3 Å². The third-order valence-electron chi connectivity index (χ3n) is 11.3. The average molecular weight is 747 g/mol. The zero-order valence-corrected chi connectivity index (χ0v) is 31.6. The van der Waals surface area contributed by atoms with E-state index in [0.717, 1.165) is 77.9 Å². The zero-order chi connectivity index (χ0) is 38.4. The first-order chi connectivity index (χ1) is 28.7. The summed E-state index contributed by atoms with van der Waals surface area (Å²) in [6, 6.07) is 72.8. The van der Waals surface area contributed by atoms with Gasteiger partial charge in [0.2, 0.25) is 0 Å². The van der Waals surface area contributed by atoms with Gasteiger partial charge >= 0.3 is 0 Å². The summed E-state index contributed by atoms with van der Waals surface area (Å²) in [7, 11) is 0. The van der Waals surface area contributed by atoms with Gasteiger partial charge in [0.15, 0.2) is 0 Å². The van der Waals surface area contributed by atoms with Gasteiger partial charge in [-0.1, -0.05) is 152 Å². The molecule has 2 atom stereocenters. The minimum Gasteiger partial charge on any atom is -0.455 e. The lowest BCUT2D eigenvalue weighted by Gasteiger charge is -2.33. The van der Waals surface area contributed by atoms with Crippen molar-refractivity contribution in [1.82, 2.24) is 10.6 Å². The van der Waals surface area contributed by atoms with Crippen LogP contribution in [0.5, 0.6) is 0 Å². The second kappa shape index (κ2) is 14.2. The first-order valence-corrected chi connectivity index (χ1v) is 19.8. The number of nitrogens with one attached hydrogen (secondary N) is 2. The normalized spacial score (nSPS) is 15.4. The molecule has 0 spiro atoms. The fraction of sp³-hybridized carbons (Fsp3) is 0.0377. The van der Waals surface area contributed by atoms with E-state index in [1.165, 1.54) is 16.3 Å². The minimum absolute atomic E-state index is 0.190. The van der Waals surface area contributed by atoms with Crippen molar-refractivity contribution in [2.75, 3.05) is 4.90 Å². The quantitative estimate of drug-likeness (QED) is 0.171. The van der Waals surface area contributed by atoms with E-state index in [1.54, 1.807) is 0 Å². The van der Waals surface area contributed by atoms with E-state index < -0.39 is 0 Å². The van der Waals surface area contributed by atoms with E-state index in [0.29, 0.717) is 0 Å². The van der Waals surface area contributed by atoms with Crippen LogP contribution >= 0.6 is 0 Å². The number of hydrogen-bond acceptors (Lipinski definition) is 5. The SMILES string of the molecule is c1ccc(C2N=C(c3cc4c5cc(-c6cccc(N(c7ccccc7)c7ccccc7)c6)ccc5oc4c4ccccc34)NC(c3cccc4ccccc34)N2)cc1. The van der Waals surface area contributed by atoms with Crippen molar-refractivity contribution in [1.29, 1.82) is 0 Å². The minimum atomic E-state index is -0.262. The lowest BCUT2D eigenvalue weighted by atomic mass is 9.96. The maximum atomic E-state index is 6.72. The zero-order valence-electron chi connectivity index (χ0n) is 31.6. The molecule has 0 aliphatic carbocycles. The molecule has 1 aliphatic heterocycles. The Labute approximate surface area is 336 Å². The first kappa shape index (κ1) is 33.8. The van der Waals surface area contributed by atoms with Crippen LogP contribution in [0.3, 0.4) is 0 Å². The smallest absolute Gasteiger partial charge is 0.143 e. The van der Waals surface area contributed by atoms with Crippen LogP contribution in [-0.2, 0) is 0 Å². The lowest BCUT2D eigenvalue weighted by molar-refractivity contribution is 0.411. The van der Waals surface area contributed by atoms with Crippen molar-refractivity contribution in [2.45, 2.75) is 12.3 Å². The molecule has 0 fully saturated rings. The molecule has 11 rings (SSSR count). The number of amidine groups is 1. The molecule has 0 bridgehead atoms. The predicted molar refractivity (Wildman–Crippen MR) is 240 cm³/mol. The molecule has 9 aromatic carbocycles. The second-order valence-electron chi connectivity index (χ2n) is 14.8. The van der Waals surface area contributed by atoms with Crippen LogP contribution in [-0.4, -0.2) is 5.84 Å². The number of aliphatic imine (C=N–C) groups is 1. The van der Waals surface area contributed by atoms with Gasteiger partial charge in [0.05, 0.1) is 0 Å². The summed E-state index contributed by atoms with van der Waals surface area (Å²) in [4.78, 5) is 7.70. The predicted octanol–water partition coefficient (Wildman–Crippen LogP) is 13.4. The average Bonchev–Trinajstić information content (AvgIpc) is 3.68. The summed E-state index contributed by atoms with van der Waals surface area (Å²) < 4.78 is 6.72. The molecule has 5 nitrogen and oxygen atoms in total. The van der Waals surface area contributed by atoms with Crippen LogP contribution in [0.15, 0.2) is 216 Å². The number of furan rings is 1. The molecule has 2 N–H and O–H groups in total. The Hall–Kier alpha value is -7.47. The van der Waals surface area contributed by atoms with Crippen LogP contribution in [0.4, 0.5) is 17.1 Å². The molecule has 5 heteroatoms. The largest absolute Gasteiger partial charge is 0.455 e. The van der Waals surface area contributed by atoms with Crippen molar-refractivity contribution in [3.05, 3.63) is 223 Å². The van der Waals surface area contributed by atoms with Crippen LogP contribution in [0, 0.1) is 0 Å². The number of rotatable bonds is 7. The number of fused-ring (bicyclic) bond motifs is 6. The molecule has 0 amide bonds. The van der Waals surface area contributed by atoms with E-state index in [9.17, 15) is 0 Å². The molecule has 10 aromatic rings. The van der Waals surface area contributed by atoms with Gasteiger partial charge in [-0.05, 0) is 93.0 Å². The highest BCUT2D eigenvalue weighted by Crippen LogP contribution is 2.41. The molecule has 2 heterocycles. The number of benzene rings is 9. The highest BCUT2D eigenvalue weighted by atomic mass is 16.3. The summed E-state index contributed by atoms with van der Waals surface area (Å²) in [6.45, 7) is 0. The maximum Gasteiger partial charge on any atom is 0.143 e. The van der Waals surface area contributed by atoms with Crippen LogP contribution in [0.1, 0.15) is 29.0 Å². The fourth-order valence-electron chi connectivity index (χ4n) is 8.56. The van der Waals surface area contributed by atoms with Gasteiger partial charge in [-0.25, -0.2) is 4.99 Å². The van der Waals surface area contributed by atoms with E-state index in [1.807, 2.05) is 0 Å². The molecular weight excluding hydrogens is 709 g/mol. The van der Waals surface area contributed by atoms with Crippen LogP contribution in [0.25, 0.3) is 54.6 Å². The van der Waals surface area contributed by atoms with Crippen molar-refractivity contribution < 1.29 is 4.42 Å². The molecule has 1 aliphatic rings. The topological polar surface area (TPSA) is 52.8 Å². The van der Waals surface area contributed by atoms with Crippen molar-refractivity contribution >= 4 is 66.4 Å². The summed E-state index contributed by atoms with van der Waals surface area (Å²) in [5.74, 6) is 0.837. The third-order valence-corrected chi connectivity index (χ3v) is 11.3. The highest BCUT2D eigenvalue weighted by molar-refractivity contribution is 6.22. The summed E-state index contributed by atoms with van der Waals surface area (Å²) in [5.41, 5.74) is 10.6. The van der Waals surface area contributed by atoms with Gasteiger partial charge < -0.3 is 14.6 Å². The molecule has 276 valence electrons. The Morgan fingerprint density at radius 1 is 0.466 bits per heavy atom. The first-order valence-electron chi connectivity index (χ1n) is 19.8. The van der Waals surface area contributed by atoms with Gasteiger partial charge in [-0.15, -0.1) is 0 Å². The monoisotopic (exact) mass is 746 g/mol. The van der Waals surface area contributed by atoms with E-state index in [2.05, 4.69) is 222 Å². The number of hydrogen-bond donors (Lipinski definition) is 2. The second-order valence-corrected chi connectivity index (χ2v) is 14.8. The maximum absolute atomic E-state index is 6.72. The van der Waals surface area contributed by atoms with E-state index >= 15 is 0 Å². The lowest BCUT2D eigenvalue weighted by Crippen LogP contribution is -2.45. The summed E-state index contributed by atoms with van der Waals surface area (Å²) >= 11 is 0. The van der Waals surface area contributed by atoms with Gasteiger partial charge in [-0.3, -0.25) is 5.32 Å². The highest BCUT2D eigenvalue weighted by Gasteiger charge is 2.28. The Morgan fingerprint density at radius 2 is 1.09 bits per heavy atom. The summed E-state index contributed by atoms with van der Waals surface area (Å²) in [6.07, 6.45) is -0.452. The van der Waals surface area contributed by atoms with Gasteiger partial charge in [0, 0.05) is 38.8 Å². The number of anilines is 3. The molecule has 58 heavy (non-hydrogen) atoms. The van der Waals surface area contributed by atoms with Gasteiger partial charge in [0.25, 0.3) is 0 Å². The fourth-order valence-corrected chi connectivity index (χ4v) is 8.56. The van der Waals surface area contributed by atoms with Crippen molar-refractivity contribution in [3.8, 4) is 11.1 Å². The van der Waals surface area contributed by atoms with E-state index in [4.69, 9.17) is 9.41 Å². The standard InChI is InChI=1S/C53H38N4O/c1-4-17-36(18-5-1)51-54-52(45-29-15-19-35-16-10-11-26-42(35)45)56-53(55-51)48-34-47-46-33-38(30-31-49(46)58-50(47)44-28-13-12-27-43(44)48)37-20-14-25-41(32-37)57(39-21-6-2-7-22-39)40-23-8-3-9-24-40/h1-34,51-52,54H,(H,55,56). The molecule has 1 aromatic heterocycles. The molecule has 0 saturated heterocycles. The van der Waals surface area contributed by atoms with Crippen LogP contribution < -0.4 is 15.5 Å². The Morgan fingerprint density at radius 3 is 1.86 bits per heavy atom. The number of nitrogens with zero attached hydrogens (tertiary/aromatic N) is 2. The molecule has 0 radical (unpaired) electrons. The molecule has 2 unspecified atom stereocenters. The molecule has 0 saturated carbocycles. The Balaban J connectivity index is 1.06. The Kier molecular flexibility index (Phi) is 8.30. The number of para-hydroxylation sites is 2. The van der Waals surface area contributed by atoms with Gasteiger partial charge in [0.1, 0.15) is 29.3 Å².